The molecule has 1 amide bonds. The normalized spacial score (nSPS) is 16.3. The third-order valence-corrected chi connectivity index (χ3v) is 5.20. The number of hydrogen-bond acceptors (Lipinski definition) is 4. The lowest BCUT2D eigenvalue weighted by Crippen LogP contribution is -2.38. The minimum Gasteiger partial charge on any atom is -0.468 e. The Balaban J connectivity index is 1.53. The molecule has 1 aromatic carbocycles. The summed E-state index contributed by atoms with van der Waals surface area (Å²) in [7, 11) is 0. The molecule has 2 aromatic rings. The number of ketones is 1. The van der Waals surface area contributed by atoms with Crippen LogP contribution in [0.3, 0.4) is 0 Å². The molecule has 150 valence electrons. The number of halogens is 1. The molecular formula is C22H27FN2O3. The predicted octanol–water partition coefficient (Wildman–Crippen LogP) is 4.12. The first-order valence-electron chi connectivity index (χ1n) is 9.97. The molecule has 5 nitrogen and oxygen atoms in total. The summed E-state index contributed by atoms with van der Waals surface area (Å²) in [6.07, 6.45) is 6.41. The van der Waals surface area contributed by atoms with E-state index < -0.39 is 5.82 Å². The van der Waals surface area contributed by atoms with Gasteiger partial charge < -0.3 is 9.73 Å². The molecular weight excluding hydrogens is 359 g/mol. The Kier molecular flexibility index (Phi) is 7.37. The van der Waals surface area contributed by atoms with Crippen LogP contribution >= 0.6 is 0 Å². The molecule has 1 aliphatic heterocycles. The van der Waals surface area contributed by atoms with Gasteiger partial charge in [0.2, 0.25) is 5.91 Å². The van der Waals surface area contributed by atoms with Gasteiger partial charge in [0.25, 0.3) is 0 Å². The molecule has 1 aromatic heterocycles. The minimum atomic E-state index is -0.549. The van der Waals surface area contributed by atoms with E-state index >= 15 is 0 Å². The maximum Gasteiger partial charge on any atom is 0.220 e. The second kappa shape index (κ2) is 10.2. The first-order chi connectivity index (χ1) is 13.6. The molecule has 6 heteroatoms. The van der Waals surface area contributed by atoms with Gasteiger partial charge in [-0.1, -0.05) is 25.0 Å². The number of carbonyl (C=O) groups excluding carboxylic acids is 2. The van der Waals surface area contributed by atoms with Crippen LogP contribution in [-0.4, -0.2) is 36.2 Å². The largest absolute Gasteiger partial charge is 0.468 e. The van der Waals surface area contributed by atoms with Gasteiger partial charge >= 0.3 is 0 Å². The summed E-state index contributed by atoms with van der Waals surface area (Å²) in [6.45, 7) is 2.39. The van der Waals surface area contributed by atoms with Gasteiger partial charge in [0.1, 0.15) is 11.6 Å². The highest BCUT2D eigenvalue weighted by molar-refractivity contribution is 5.98. The predicted molar refractivity (Wildman–Crippen MR) is 104 cm³/mol. The maximum atomic E-state index is 13.7. The monoisotopic (exact) mass is 386 g/mol. The zero-order valence-corrected chi connectivity index (χ0v) is 16.0. The topological polar surface area (TPSA) is 62.6 Å². The van der Waals surface area contributed by atoms with Gasteiger partial charge in [-0.2, -0.15) is 0 Å². The number of carbonyl (C=O) groups is 2. The van der Waals surface area contributed by atoms with Crippen LogP contribution in [0.4, 0.5) is 4.39 Å². The first-order valence-corrected chi connectivity index (χ1v) is 9.97. The minimum absolute atomic E-state index is 0.0120. The lowest BCUT2D eigenvalue weighted by atomic mass is 10.1. The molecule has 0 aliphatic carbocycles. The Hall–Kier alpha value is -2.47. The van der Waals surface area contributed by atoms with Crippen molar-refractivity contribution < 1.29 is 18.4 Å². The molecule has 1 aliphatic rings. The van der Waals surface area contributed by atoms with Crippen LogP contribution in [0.2, 0.25) is 0 Å². The summed E-state index contributed by atoms with van der Waals surface area (Å²) in [5.41, 5.74) is 0.0355. The first kappa shape index (κ1) is 20.3. The number of likely N-dealkylation sites (tertiary alicyclic amines) is 1. The van der Waals surface area contributed by atoms with E-state index in [4.69, 9.17) is 4.42 Å². The average Bonchev–Trinajstić information content (AvgIpc) is 3.09. The molecule has 0 radical (unpaired) electrons. The molecule has 1 fully saturated rings. The quantitative estimate of drug-likeness (QED) is 0.694. The van der Waals surface area contributed by atoms with Gasteiger partial charge in [0, 0.05) is 19.4 Å². The van der Waals surface area contributed by atoms with Crippen LogP contribution < -0.4 is 5.32 Å². The number of hydrogen-bond donors (Lipinski definition) is 1. The third-order valence-electron chi connectivity index (χ3n) is 5.20. The van der Waals surface area contributed by atoms with Crippen molar-refractivity contribution >= 4 is 11.7 Å². The van der Waals surface area contributed by atoms with Crippen LogP contribution in [0.15, 0.2) is 47.1 Å². The molecule has 1 saturated heterocycles. The number of furan rings is 1. The molecule has 2 heterocycles. The van der Waals surface area contributed by atoms with Gasteiger partial charge in [0.15, 0.2) is 5.78 Å². The Morgan fingerprint density at radius 3 is 2.46 bits per heavy atom. The zero-order chi connectivity index (χ0) is 19.8. The standard InChI is InChI=1S/C22H27FN2O3/c23-18-9-4-3-8-17(18)20(26)11-12-22(27)24-16-19(21-10-7-15-28-21)25-13-5-1-2-6-14-25/h3-4,7-10,15,19H,1-2,5-6,11-14,16H2,(H,24,27). The van der Waals surface area contributed by atoms with Crippen LogP contribution in [-0.2, 0) is 4.79 Å². The highest BCUT2D eigenvalue weighted by atomic mass is 19.1. The Labute approximate surface area is 164 Å². The van der Waals surface area contributed by atoms with Gasteiger partial charge in [-0.25, -0.2) is 4.39 Å². The van der Waals surface area contributed by atoms with E-state index in [0.717, 1.165) is 31.7 Å². The van der Waals surface area contributed by atoms with E-state index in [1.165, 1.54) is 31.0 Å². The average molecular weight is 386 g/mol. The summed E-state index contributed by atoms with van der Waals surface area (Å²) >= 11 is 0. The second-order valence-electron chi connectivity index (χ2n) is 7.19. The van der Waals surface area contributed by atoms with Crippen molar-refractivity contribution in [1.29, 1.82) is 0 Å². The molecule has 28 heavy (non-hydrogen) atoms. The SMILES string of the molecule is O=C(CCC(=O)c1ccccc1F)NCC(c1ccco1)N1CCCCCC1. The van der Waals surface area contributed by atoms with Crippen molar-refractivity contribution in [2.75, 3.05) is 19.6 Å². The molecule has 1 unspecified atom stereocenters. The summed E-state index contributed by atoms with van der Waals surface area (Å²) in [5, 5.41) is 2.92. The Bertz CT molecular complexity index is 768. The maximum absolute atomic E-state index is 13.7. The fourth-order valence-electron chi connectivity index (χ4n) is 3.65. The Morgan fingerprint density at radius 2 is 1.79 bits per heavy atom. The third kappa shape index (κ3) is 5.52. The van der Waals surface area contributed by atoms with E-state index in [1.807, 2.05) is 12.1 Å². The van der Waals surface area contributed by atoms with E-state index in [2.05, 4.69) is 10.2 Å². The molecule has 1 N–H and O–H groups in total. The zero-order valence-electron chi connectivity index (χ0n) is 16.0. The smallest absolute Gasteiger partial charge is 0.220 e. The summed E-state index contributed by atoms with van der Waals surface area (Å²) < 4.78 is 19.3. The highest BCUT2D eigenvalue weighted by Crippen LogP contribution is 2.24. The Morgan fingerprint density at radius 1 is 1.04 bits per heavy atom. The fourth-order valence-corrected chi connectivity index (χ4v) is 3.65. The molecule has 1 atom stereocenters. The molecule has 0 saturated carbocycles. The number of Topliss-reactive ketones (excluding diaryl/α,β-unsaturated/α-hetero) is 1. The van der Waals surface area contributed by atoms with Crippen molar-refractivity contribution in [2.24, 2.45) is 0 Å². The van der Waals surface area contributed by atoms with Gasteiger partial charge in [-0.15, -0.1) is 0 Å². The van der Waals surface area contributed by atoms with E-state index in [0.29, 0.717) is 6.54 Å². The number of rotatable bonds is 8. The van der Waals surface area contributed by atoms with Crippen LogP contribution in [0.1, 0.15) is 60.7 Å². The lowest BCUT2D eigenvalue weighted by Gasteiger charge is -2.29. The van der Waals surface area contributed by atoms with Gasteiger partial charge in [-0.05, 0) is 50.2 Å². The van der Waals surface area contributed by atoms with Crippen molar-refractivity contribution in [1.82, 2.24) is 10.2 Å². The van der Waals surface area contributed by atoms with E-state index in [-0.39, 0.29) is 36.1 Å². The summed E-state index contributed by atoms with van der Waals surface area (Å²) in [4.78, 5) is 26.8. The summed E-state index contributed by atoms with van der Waals surface area (Å²) in [5.74, 6) is -0.281. The molecule has 3 rings (SSSR count). The van der Waals surface area contributed by atoms with E-state index in [1.54, 1.807) is 12.3 Å². The van der Waals surface area contributed by atoms with Crippen LogP contribution in [0.25, 0.3) is 0 Å². The number of nitrogens with zero attached hydrogens (tertiary/aromatic N) is 1. The van der Waals surface area contributed by atoms with Crippen LogP contribution in [0.5, 0.6) is 0 Å². The lowest BCUT2D eigenvalue weighted by molar-refractivity contribution is -0.121. The van der Waals surface area contributed by atoms with Crippen molar-refractivity contribution in [3.05, 3.63) is 59.8 Å². The van der Waals surface area contributed by atoms with E-state index in [9.17, 15) is 14.0 Å². The number of nitrogens with one attached hydrogen (secondary N) is 1. The number of benzene rings is 1. The highest BCUT2D eigenvalue weighted by Gasteiger charge is 2.24. The van der Waals surface area contributed by atoms with Crippen molar-refractivity contribution in [3.8, 4) is 0 Å². The second-order valence-corrected chi connectivity index (χ2v) is 7.19. The fraction of sp³-hybridized carbons (Fsp3) is 0.455. The number of amides is 1. The van der Waals surface area contributed by atoms with Gasteiger partial charge in [-0.3, -0.25) is 14.5 Å². The van der Waals surface area contributed by atoms with Crippen molar-refractivity contribution in [2.45, 2.75) is 44.6 Å². The van der Waals surface area contributed by atoms with Crippen molar-refractivity contribution in [3.63, 3.8) is 0 Å². The summed E-state index contributed by atoms with van der Waals surface area (Å²) in [6, 6.07) is 9.63. The molecule has 0 spiro atoms. The molecule has 0 bridgehead atoms. The van der Waals surface area contributed by atoms with Crippen LogP contribution in [0, 0.1) is 5.82 Å². The van der Waals surface area contributed by atoms with Gasteiger partial charge in [0.05, 0.1) is 17.9 Å².